The predicted octanol–water partition coefficient (Wildman–Crippen LogP) is 3.86. The molecule has 0 amide bonds. The Morgan fingerprint density at radius 2 is 1.89 bits per heavy atom. The van der Waals surface area contributed by atoms with Crippen LogP contribution in [0.4, 0.5) is 11.4 Å². The van der Waals surface area contributed by atoms with Gasteiger partial charge < -0.3 is 10.6 Å². The zero-order valence-corrected chi connectivity index (χ0v) is 11.7. The van der Waals surface area contributed by atoms with E-state index in [1.807, 2.05) is 12.1 Å². The van der Waals surface area contributed by atoms with Crippen molar-refractivity contribution in [1.82, 2.24) is 0 Å². The zero-order valence-electron chi connectivity index (χ0n) is 11.0. The molecule has 0 spiro atoms. The lowest BCUT2D eigenvalue weighted by molar-refractivity contribution is 0.231. The van der Waals surface area contributed by atoms with Crippen molar-refractivity contribution in [2.45, 2.75) is 32.6 Å². The summed E-state index contributed by atoms with van der Waals surface area (Å²) in [4.78, 5) is 2.48. The van der Waals surface area contributed by atoms with Gasteiger partial charge in [-0.1, -0.05) is 18.0 Å². The number of piperidine rings is 1. The summed E-state index contributed by atoms with van der Waals surface area (Å²) >= 11 is 6.24. The molecule has 3 rings (SSSR count). The fraction of sp³-hybridized carbons (Fsp3) is 0.600. The lowest BCUT2D eigenvalue weighted by Crippen LogP contribution is -2.43. The van der Waals surface area contributed by atoms with Crippen molar-refractivity contribution in [3.8, 4) is 0 Å². The van der Waals surface area contributed by atoms with Crippen LogP contribution in [0.25, 0.3) is 0 Å². The predicted molar refractivity (Wildman–Crippen MR) is 78.3 cm³/mol. The Kier molecular flexibility index (Phi) is 3.14. The molecule has 1 aromatic carbocycles. The first-order valence-corrected chi connectivity index (χ1v) is 7.32. The standard InChI is InChI=1S/C15H21ClN2/c1-10-13(16)5-6-14(17)15(10)18-8-11-3-2-4-12(7-11)9-18/h5-6,11-12H,2-4,7-9,17H2,1H3. The fourth-order valence-electron chi connectivity index (χ4n) is 3.73. The highest BCUT2D eigenvalue weighted by atomic mass is 35.5. The van der Waals surface area contributed by atoms with E-state index in [4.69, 9.17) is 17.3 Å². The first kappa shape index (κ1) is 12.2. The lowest BCUT2D eigenvalue weighted by Gasteiger charge is -2.43. The van der Waals surface area contributed by atoms with Crippen molar-refractivity contribution in [3.05, 3.63) is 22.7 Å². The highest BCUT2D eigenvalue weighted by Crippen LogP contribution is 2.40. The van der Waals surface area contributed by atoms with Crippen molar-refractivity contribution in [2.24, 2.45) is 11.8 Å². The molecule has 0 radical (unpaired) electrons. The Morgan fingerprint density at radius 1 is 1.22 bits per heavy atom. The van der Waals surface area contributed by atoms with Gasteiger partial charge in [0.15, 0.2) is 0 Å². The average Bonchev–Trinajstić information content (AvgIpc) is 2.34. The topological polar surface area (TPSA) is 29.3 Å². The molecule has 1 aliphatic heterocycles. The van der Waals surface area contributed by atoms with Crippen molar-refractivity contribution >= 4 is 23.0 Å². The summed E-state index contributed by atoms with van der Waals surface area (Å²) in [5.74, 6) is 1.71. The average molecular weight is 265 g/mol. The molecule has 1 saturated carbocycles. The molecule has 2 atom stereocenters. The van der Waals surface area contributed by atoms with Gasteiger partial charge in [0.05, 0.1) is 11.4 Å². The van der Waals surface area contributed by atoms with Crippen LogP contribution in [0.2, 0.25) is 5.02 Å². The highest BCUT2D eigenvalue weighted by molar-refractivity contribution is 6.32. The van der Waals surface area contributed by atoms with Crippen LogP contribution in [0, 0.1) is 18.8 Å². The van der Waals surface area contributed by atoms with Gasteiger partial charge in [-0.05, 0) is 55.7 Å². The molecule has 2 N–H and O–H groups in total. The summed E-state index contributed by atoms with van der Waals surface area (Å²) in [7, 11) is 0. The molecular formula is C15H21ClN2. The maximum absolute atomic E-state index is 6.24. The van der Waals surface area contributed by atoms with E-state index in [-0.39, 0.29) is 0 Å². The van der Waals surface area contributed by atoms with Gasteiger partial charge in [-0.3, -0.25) is 0 Å². The molecule has 2 bridgehead atoms. The van der Waals surface area contributed by atoms with Gasteiger partial charge in [0.2, 0.25) is 0 Å². The summed E-state index contributed by atoms with van der Waals surface area (Å²) in [6.07, 6.45) is 5.59. The van der Waals surface area contributed by atoms with Gasteiger partial charge in [-0.25, -0.2) is 0 Å². The largest absolute Gasteiger partial charge is 0.397 e. The molecule has 2 nitrogen and oxygen atoms in total. The molecule has 18 heavy (non-hydrogen) atoms. The van der Waals surface area contributed by atoms with Crippen LogP contribution in [-0.4, -0.2) is 13.1 Å². The third-order valence-electron chi connectivity index (χ3n) is 4.56. The van der Waals surface area contributed by atoms with Crippen molar-refractivity contribution in [1.29, 1.82) is 0 Å². The summed E-state index contributed by atoms with van der Waals surface area (Å²) in [5.41, 5.74) is 9.36. The second-order valence-electron chi connectivity index (χ2n) is 5.91. The second-order valence-corrected chi connectivity index (χ2v) is 6.32. The number of hydrogen-bond donors (Lipinski definition) is 1. The fourth-order valence-corrected chi connectivity index (χ4v) is 3.88. The SMILES string of the molecule is Cc1c(Cl)ccc(N)c1N1CC2CCCC(C2)C1. The van der Waals surface area contributed by atoms with E-state index in [1.165, 1.54) is 31.4 Å². The van der Waals surface area contributed by atoms with Crippen LogP contribution in [0.3, 0.4) is 0 Å². The first-order valence-electron chi connectivity index (χ1n) is 6.94. The molecule has 2 fully saturated rings. The van der Waals surface area contributed by atoms with Crippen LogP contribution in [0.5, 0.6) is 0 Å². The third-order valence-corrected chi connectivity index (χ3v) is 4.97. The van der Waals surface area contributed by atoms with Gasteiger partial charge in [0.1, 0.15) is 0 Å². The first-order chi connectivity index (χ1) is 8.65. The van der Waals surface area contributed by atoms with Gasteiger partial charge in [0, 0.05) is 18.1 Å². The number of halogens is 1. The monoisotopic (exact) mass is 264 g/mol. The van der Waals surface area contributed by atoms with E-state index >= 15 is 0 Å². The quantitative estimate of drug-likeness (QED) is 0.781. The number of anilines is 2. The third kappa shape index (κ3) is 2.07. The van der Waals surface area contributed by atoms with Gasteiger partial charge in [0.25, 0.3) is 0 Å². The summed E-state index contributed by atoms with van der Waals surface area (Å²) in [5, 5.41) is 0.829. The van der Waals surface area contributed by atoms with E-state index in [9.17, 15) is 0 Å². The minimum Gasteiger partial charge on any atom is -0.397 e. The number of hydrogen-bond acceptors (Lipinski definition) is 2. The zero-order chi connectivity index (χ0) is 12.7. The maximum atomic E-state index is 6.24. The van der Waals surface area contributed by atoms with E-state index < -0.39 is 0 Å². The summed E-state index contributed by atoms with van der Waals surface area (Å²) in [6, 6.07) is 3.84. The summed E-state index contributed by atoms with van der Waals surface area (Å²) in [6.45, 7) is 4.39. The molecule has 2 aliphatic rings. The minimum absolute atomic E-state index is 0.829. The molecule has 2 unspecified atom stereocenters. The Labute approximate surface area is 114 Å². The Balaban J connectivity index is 1.93. The Morgan fingerprint density at radius 3 is 2.56 bits per heavy atom. The van der Waals surface area contributed by atoms with Gasteiger partial charge >= 0.3 is 0 Å². The van der Waals surface area contributed by atoms with E-state index in [0.717, 1.165) is 41.2 Å². The van der Waals surface area contributed by atoms with Crippen molar-refractivity contribution in [3.63, 3.8) is 0 Å². The summed E-state index contributed by atoms with van der Waals surface area (Å²) < 4.78 is 0. The number of nitrogen functional groups attached to an aromatic ring is 1. The van der Waals surface area contributed by atoms with Crippen LogP contribution in [-0.2, 0) is 0 Å². The van der Waals surface area contributed by atoms with E-state index in [0.29, 0.717) is 0 Å². The van der Waals surface area contributed by atoms with Crippen molar-refractivity contribution < 1.29 is 0 Å². The van der Waals surface area contributed by atoms with Crippen LogP contribution in [0.15, 0.2) is 12.1 Å². The number of rotatable bonds is 1. The van der Waals surface area contributed by atoms with Gasteiger partial charge in [-0.2, -0.15) is 0 Å². The second kappa shape index (κ2) is 4.65. The molecule has 1 heterocycles. The van der Waals surface area contributed by atoms with Crippen LogP contribution in [0.1, 0.15) is 31.2 Å². The number of nitrogens with zero attached hydrogens (tertiary/aromatic N) is 1. The van der Waals surface area contributed by atoms with Crippen LogP contribution >= 0.6 is 11.6 Å². The normalized spacial score (nSPS) is 27.3. The van der Waals surface area contributed by atoms with Gasteiger partial charge in [-0.15, -0.1) is 0 Å². The van der Waals surface area contributed by atoms with Crippen molar-refractivity contribution in [2.75, 3.05) is 23.7 Å². The molecule has 98 valence electrons. The minimum atomic E-state index is 0.829. The molecule has 1 aliphatic carbocycles. The van der Waals surface area contributed by atoms with Crippen LogP contribution < -0.4 is 10.6 Å². The molecule has 0 aromatic heterocycles. The maximum Gasteiger partial charge on any atom is 0.0644 e. The number of nitrogens with two attached hydrogens (primary N) is 1. The molecule has 1 aromatic rings. The molecule has 3 heteroatoms. The highest BCUT2D eigenvalue weighted by Gasteiger charge is 2.31. The number of benzene rings is 1. The Bertz CT molecular complexity index is 446. The lowest BCUT2D eigenvalue weighted by atomic mass is 9.77. The number of fused-ring (bicyclic) bond motifs is 2. The smallest absolute Gasteiger partial charge is 0.0644 e. The molecule has 1 saturated heterocycles. The Hall–Kier alpha value is -0.890. The van der Waals surface area contributed by atoms with E-state index in [1.54, 1.807) is 0 Å². The van der Waals surface area contributed by atoms with E-state index in [2.05, 4.69) is 11.8 Å². The molecular weight excluding hydrogens is 244 g/mol.